The lowest BCUT2D eigenvalue weighted by molar-refractivity contribution is 0.102. The highest BCUT2D eigenvalue weighted by molar-refractivity contribution is 6.31. The van der Waals surface area contributed by atoms with Gasteiger partial charge >= 0.3 is 0 Å². The minimum Gasteiger partial charge on any atom is -0.497 e. The van der Waals surface area contributed by atoms with Gasteiger partial charge in [-0.25, -0.2) is 0 Å². The van der Waals surface area contributed by atoms with E-state index in [9.17, 15) is 4.79 Å². The Morgan fingerprint density at radius 3 is 2.19 bits per heavy atom. The van der Waals surface area contributed by atoms with E-state index in [0.717, 1.165) is 5.56 Å². The molecule has 0 fully saturated rings. The van der Waals surface area contributed by atoms with Crippen molar-refractivity contribution >= 4 is 23.2 Å². The number of ether oxygens (including phenoxy) is 2. The highest BCUT2D eigenvalue weighted by atomic mass is 35.5. The predicted octanol–water partition coefficient (Wildman–Crippen LogP) is 3.92. The average molecular weight is 306 g/mol. The minimum absolute atomic E-state index is 0.257. The monoisotopic (exact) mass is 305 g/mol. The van der Waals surface area contributed by atoms with Gasteiger partial charge in [0, 0.05) is 22.3 Å². The predicted molar refractivity (Wildman–Crippen MR) is 83.7 cm³/mol. The Labute approximate surface area is 128 Å². The lowest BCUT2D eigenvalue weighted by atomic mass is 10.1. The topological polar surface area (TPSA) is 47.6 Å². The fourth-order valence-corrected chi connectivity index (χ4v) is 1.99. The fraction of sp³-hybridized carbons (Fsp3) is 0.188. The minimum atomic E-state index is -0.257. The Hall–Kier alpha value is -2.20. The van der Waals surface area contributed by atoms with Crippen LogP contribution in [0.5, 0.6) is 11.5 Å². The first-order chi connectivity index (χ1) is 10.0. The molecule has 0 atom stereocenters. The third-order valence-corrected chi connectivity index (χ3v) is 3.45. The number of rotatable bonds is 4. The first kappa shape index (κ1) is 15.2. The molecule has 2 aromatic rings. The number of amides is 1. The summed E-state index contributed by atoms with van der Waals surface area (Å²) >= 11 is 6.05. The standard InChI is InChI=1S/C16H16ClNO3/c1-10-4-5-12(8-15(10)17)18-16(19)11-6-13(20-2)9-14(7-11)21-3/h4-9H,1-3H3,(H,18,19). The van der Waals surface area contributed by atoms with E-state index in [1.807, 2.05) is 13.0 Å². The van der Waals surface area contributed by atoms with Gasteiger partial charge < -0.3 is 14.8 Å². The highest BCUT2D eigenvalue weighted by Gasteiger charge is 2.10. The number of halogens is 1. The van der Waals surface area contributed by atoms with E-state index in [4.69, 9.17) is 21.1 Å². The molecule has 0 aliphatic rings. The van der Waals surface area contributed by atoms with Crippen LogP contribution >= 0.6 is 11.6 Å². The molecule has 0 saturated heterocycles. The molecule has 110 valence electrons. The second-order valence-electron chi connectivity index (χ2n) is 4.52. The molecule has 2 rings (SSSR count). The van der Waals surface area contributed by atoms with E-state index in [0.29, 0.717) is 27.8 Å². The van der Waals surface area contributed by atoms with E-state index >= 15 is 0 Å². The Bertz CT molecular complexity index is 648. The van der Waals surface area contributed by atoms with Crippen molar-refractivity contribution in [1.29, 1.82) is 0 Å². The van der Waals surface area contributed by atoms with Gasteiger partial charge in [-0.15, -0.1) is 0 Å². The number of nitrogens with one attached hydrogen (secondary N) is 1. The number of aryl methyl sites for hydroxylation is 1. The Kier molecular flexibility index (Phi) is 4.70. The second-order valence-corrected chi connectivity index (χ2v) is 4.93. The van der Waals surface area contributed by atoms with E-state index in [2.05, 4.69) is 5.32 Å². The normalized spacial score (nSPS) is 10.1. The van der Waals surface area contributed by atoms with Gasteiger partial charge in [-0.2, -0.15) is 0 Å². The second kappa shape index (κ2) is 6.50. The first-order valence-corrected chi connectivity index (χ1v) is 6.72. The van der Waals surface area contributed by atoms with Gasteiger partial charge in [0.05, 0.1) is 14.2 Å². The van der Waals surface area contributed by atoms with Gasteiger partial charge in [0.25, 0.3) is 5.91 Å². The Morgan fingerprint density at radius 2 is 1.67 bits per heavy atom. The molecular weight excluding hydrogens is 290 g/mol. The van der Waals surface area contributed by atoms with Crippen molar-refractivity contribution in [2.75, 3.05) is 19.5 Å². The summed E-state index contributed by atoms with van der Waals surface area (Å²) in [5.41, 5.74) is 2.04. The summed E-state index contributed by atoms with van der Waals surface area (Å²) < 4.78 is 10.3. The number of carbonyl (C=O) groups is 1. The van der Waals surface area contributed by atoms with Gasteiger partial charge in [0.15, 0.2) is 0 Å². The molecule has 0 aliphatic heterocycles. The molecule has 0 heterocycles. The fourth-order valence-electron chi connectivity index (χ4n) is 1.81. The molecule has 0 spiro atoms. The maximum absolute atomic E-state index is 12.3. The van der Waals surface area contributed by atoms with Crippen molar-refractivity contribution in [2.45, 2.75) is 6.92 Å². The first-order valence-electron chi connectivity index (χ1n) is 6.34. The summed E-state index contributed by atoms with van der Waals surface area (Å²) in [6, 6.07) is 10.4. The summed E-state index contributed by atoms with van der Waals surface area (Å²) in [7, 11) is 3.08. The molecule has 0 radical (unpaired) electrons. The summed E-state index contributed by atoms with van der Waals surface area (Å²) in [5, 5.41) is 3.40. The molecule has 1 N–H and O–H groups in total. The van der Waals surface area contributed by atoms with Gasteiger partial charge in [-0.05, 0) is 36.8 Å². The van der Waals surface area contributed by atoms with Crippen LogP contribution in [-0.2, 0) is 0 Å². The summed E-state index contributed by atoms with van der Waals surface area (Å²) in [6.07, 6.45) is 0. The molecule has 1 amide bonds. The summed E-state index contributed by atoms with van der Waals surface area (Å²) in [5.74, 6) is 0.856. The lowest BCUT2D eigenvalue weighted by Crippen LogP contribution is -2.12. The summed E-state index contributed by atoms with van der Waals surface area (Å²) in [6.45, 7) is 1.90. The van der Waals surface area contributed by atoms with Crippen LogP contribution in [0.15, 0.2) is 36.4 Å². The molecule has 4 nitrogen and oxygen atoms in total. The van der Waals surface area contributed by atoms with Gasteiger partial charge in [-0.3, -0.25) is 4.79 Å². The van der Waals surface area contributed by atoms with Crippen molar-refractivity contribution in [3.05, 3.63) is 52.5 Å². The molecular formula is C16H16ClNO3. The van der Waals surface area contributed by atoms with E-state index in [1.54, 1.807) is 30.3 Å². The average Bonchev–Trinajstić information content (AvgIpc) is 2.50. The number of hydrogen-bond acceptors (Lipinski definition) is 3. The van der Waals surface area contributed by atoms with Crippen LogP contribution in [0.1, 0.15) is 15.9 Å². The molecule has 0 saturated carbocycles. The van der Waals surface area contributed by atoms with Crippen LogP contribution in [0.4, 0.5) is 5.69 Å². The van der Waals surface area contributed by atoms with Gasteiger partial charge in [0.2, 0.25) is 0 Å². The van der Waals surface area contributed by atoms with Crippen LogP contribution in [0.2, 0.25) is 5.02 Å². The van der Waals surface area contributed by atoms with Crippen LogP contribution in [-0.4, -0.2) is 20.1 Å². The van der Waals surface area contributed by atoms with Crippen molar-refractivity contribution in [3.63, 3.8) is 0 Å². The van der Waals surface area contributed by atoms with Crippen molar-refractivity contribution in [2.24, 2.45) is 0 Å². The maximum atomic E-state index is 12.3. The van der Waals surface area contributed by atoms with Gasteiger partial charge in [-0.1, -0.05) is 17.7 Å². The SMILES string of the molecule is COc1cc(OC)cc(C(=O)Nc2ccc(C)c(Cl)c2)c1. The van der Waals surface area contributed by atoms with Gasteiger partial charge in [0.1, 0.15) is 11.5 Å². The zero-order chi connectivity index (χ0) is 15.4. The van der Waals surface area contributed by atoms with Crippen LogP contribution in [0.25, 0.3) is 0 Å². The quantitative estimate of drug-likeness (QED) is 0.931. The number of anilines is 1. The molecule has 0 bridgehead atoms. The Morgan fingerprint density at radius 1 is 1.05 bits per heavy atom. The van der Waals surface area contributed by atoms with E-state index in [1.165, 1.54) is 14.2 Å². The van der Waals surface area contributed by atoms with Crippen molar-refractivity contribution in [1.82, 2.24) is 0 Å². The van der Waals surface area contributed by atoms with E-state index < -0.39 is 0 Å². The Balaban J connectivity index is 2.25. The number of benzene rings is 2. The van der Waals surface area contributed by atoms with Crippen molar-refractivity contribution in [3.8, 4) is 11.5 Å². The molecule has 0 aromatic heterocycles. The zero-order valence-corrected chi connectivity index (χ0v) is 12.8. The molecule has 2 aromatic carbocycles. The maximum Gasteiger partial charge on any atom is 0.255 e. The smallest absolute Gasteiger partial charge is 0.255 e. The number of hydrogen-bond donors (Lipinski definition) is 1. The van der Waals surface area contributed by atoms with Crippen LogP contribution in [0, 0.1) is 6.92 Å². The summed E-state index contributed by atoms with van der Waals surface area (Å²) in [4.78, 5) is 12.3. The van der Waals surface area contributed by atoms with Crippen LogP contribution in [0.3, 0.4) is 0 Å². The molecule has 0 unspecified atom stereocenters. The van der Waals surface area contributed by atoms with Crippen LogP contribution < -0.4 is 14.8 Å². The largest absolute Gasteiger partial charge is 0.497 e. The number of methoxy groups -OCH3 is 2. The van der Waals surface area contributed by atoms with E-state index in [-0.39, 0.29) is 5.91 Å². The molecule has 21 heavy (non-hydrogen) atoms. The van der Waals surface area contributed by atoms with Crippen molar-refractivity contribution < 1.29 is 14.3 Å². The third-order valence-electron chi connectivity index (χ3n) is 3.04. The third kappa shape index (κ3) is 3.67. The molecule has 5 heteroatoms. The lowest BCUT2D eigenvalue weighted by Gasteiger charge is -2.10. The molecule has 0 aliphatic carbocycles. The highest BCUT2D eigenvalue weighted by Crippen LogP contribution is 2.24. The number of carbonyl (C=O) groups excluding carboxylic acids is 1. The zero-order valence-electron chi connectivity index (χ0n) is 12.1.